The standard InChI is InChI=1S/C25H44OS/c1-3-5-7-9-11-12-14-16-18-23(17-15-13-10-8-6-4-2)21-24-19-20-25(22-26)27-24/h19-20,22-23H,3-18,21H2,1-2H3. The first-order valence-corrected chi connectivity index (χ1v) is 12.7. The number of aldehydes is 1. The van der Waals surface area contributed by atoms with E-state index < -0.39 is 0 Å². The Morgan fingerprint density at radius 3 is 1.67 bits per heavy atom. The topological polar surface area (TPSA) is 17.1 Å². The molecule has 1 aromatic heterocycles. The molecule has 156 valence electrons. The Bertz CT molecular complexity index is 451. The van der Waals surface area contributed by atoms with Crippen molar-refractivity contribution in [2.45, 2.75) is 123 Å². The van der Waals surface area contributed by atoms with Gasteiger partial charge in [0.15, 0.2) is 6.29 Å². The predicted molar refractivity (Wildman–Crippen MR) is 122 cm³/mol. The summed E-state index contributed by atoms with van der Waals surface area (Å²) in [5.41, 5.74) is 0. The Morgan fingerprint density at radius 2 is 1.22 bits per heavy atom. The van der Waals surface area contributed by atoms with E-state index in [1.165, 1.54) is 114 Å². The molecule has 0 aromatic carbocycles. The maximum absolute atomic E-state index is 11.0. The molecule has 0 spiro atoms. The van der Waals surface area contributed by atoms with E-state index in [2.05, 4.69) is 19.9 Å². The number of unbranched alkanes of at least 4 members (excludes halogenated alkanes) is 12. The van der Waals surface area contributed by atoms with Gasteiger partial charge < -0.3 is 0 Å². The molecule has 0 amide bonds. The number of carbonyl (C=O) groups excluding carboxylic acids is 1. The van der Waals surface area contributed by atoms with E-state index >= 15 is 0 Å². The molecule has 1 rings (SSSR count). The van der Waals surface area contributed by atoms with Crippen molar-refractivity contribution in [3.05, 3.63) is 21.9 Å². The highest BCUT2D eigenvalue weighted by Crippen LogP contribution is 2.26. The van der Waals surface area contributed by atoms with Crippen molar-refractivity contribution in [2.24, 2.45) is 5.92 Å². The average molecular weight is 393 g/mol. The second kappa shape index (κ2) is 17.5. The summed E-state index contributed by atoms with van der Waals surface area (Å²) in [5, 5.41) is 0. The van der Waals surface area contributed by atoms with Crippen molar-refractivity contribution in [1.29, 1.82) is 0 Å². The van der Waals surface area contributed by atoms with Gasteiger partial charge in [-0.15, -0.1) is 11.3 Å². The van der Waals surface area contributed by atoms with Gasteiger partial charge in [0.05, 0.1) is 4.88 Å². The fraction of sp³-hybridized carbons (Fsp3) is 0.800. The maximum Gasteiger partial charge on any atom is 0.160 e. The molecule has 27 heavy (non-hydrogen) atoms. The Hall–Kier alpha value is -0.630. The third-order valence-electron chi connectivity index (χ3n) is 5.72. The average Bonchev–Trinajstić information content (AvgIpc) is 3.14. The van der Waals surface area contributed by atoms with Crippen LogP contribution in [0.5, 0.6) is 0 Å². The zero-order chi connectivity index (χ0) is 19.6. The molecule has 0 saturated carbocycles. The van der Waals surface area contributed by atoms with Crippen LogP contribution in [0.4, 0.5) is 0 Å². The number of rotatable bonds is 19. The van der Waals surface area contributed by atoms with E-state index in [1.807, 2.05) is 6.07 Å². The van der Waals surface area contributed by atoms with E-state index in [4.69, 9.17) is 0 Å². The monoisotopic (exact) mass is 392 g/mol. The molecule has 0 aliphatic rings. The molecule has 0 aliphatic carbocycles. The van der Waals surface area contributed by atoms with Crippen LogP contribution in [0.15, 0.2) is 12.1 Å². The van der Waals surface area contributed by atoms with Gasteiger partial charge in [0, 0.05) is 4.88 Å². The van der Waals surface area contributed by atoms with E-state index in [0.29, 0.717) is 0 Å². The quantitative estimate of drug-likeness (QED) is 0.169. The number of thiophene rings is 1. The minimum Gasteiger partial charge on any atom is -0.297 e. The molecule has 2 heteroatoms. The van der Waals surface area contributed by atoms with E-state index in [9.17, 15) is 4.79 Å². The summed E-state index contributed by atoms with van der Waals surface area (Å²) in [6, 6.07) is 4.17. The van der Waals surface area contributed by atoms with Crippen LogP contribution >= 0.6 is 11.3 Å². The first-order valence-electron chi connectivity index (χ1n) is 11.8. The van der Waals surface area contributed by atoms with Gasteiger partial charge in [0.25, 0.3) is 0 Å². The summed E-state index contributed by atoms with van der Waals surface area (Å²) < 4.78 is 0. The van der Waals surface area contributed by atoms with Crippen LogP contribution in [-0.4, -0.2) is 6.29 Å². The Labute approximate surface area is 173 Å². The summed E-state index contributed by atoms with van der Waals surface area (Å²) in [6.45, 7) is 4.57. The van der Waals surface area contributed by atoms with Crippen LogP contribution in [0.3, 0.4) is 0 Å². The fourth-order valence-corrected chi connectivity index (χ4v) is 4.92. The lowest BCUT2D eigenvalue weighted by Crippen LogP contribution is -2.04. The van der Waals surface area contributed by atoms with Gasteiger partial charge in [-0.3, -0.25) is 4.79 Å². The van der Waals surface area contributed by atoms with Gasteiger partial charge in [0.1, 0.15) is 0 Å². The van der Waals surface area contributed by atoms with Crippen molar-refractivity contribution in [3.8, 4) is 0 Å². The third kappa shape index (κ3) is 13.2. The summed E-state index contributed by atoms with van der Waals surface area (Å²) in [4.78, 5) is 13.2. The van der Waals surface area contributed by atoms with Crippen LogP contribution in [0, 0.1) is 5.92 Å². The number of hydrogen-bond donors (Lipinski definition) is 0. The Balaban J connectivity index is 2.26. The van der Waals surface area contributed by atoms with Gasteiger partial charge in [-0.05, 0) is 24.5 Å². The van der Waals surface area contributed by atoms with Crippen LogP contribution in [0.25, 0.3) is 0 Å². The molecule has 1 heterocycles. The smallest absolute Gasteiger partial charge is 0.160 e. The van der Waals surface area contributed by atoms with Gasteiger partial charge in [0.2, 0.25) is 0 Å². The molecular weight excluding hydrogens is 348 g/mol. The van der Waals surface area contributed by atoms with E-state index in [-0.39, 0.29) is 0 Å². The largest absolute Gasteiger partial charge is 0.297 e. The molecule has 1 nitrogen and oxygen atoms in total. The van der Waals surface area contributed by atoms with Crippen LogP contribution in [-0.2, 0) is 6.42 Å². The SMILES string of the molecule is CCCCCCCCCCC(CCCCCCCC)Cc1ccc(C=O)s1. The Morgan fingerprint density at radius 1 is 0.741 bits per heavy atom. The van der Waals surface area contributed by atoms with Gasteiger partial charge in [-0.1, -0.05) is 117 Å². The zero-order valence-corrected chi connectivity index (χ0v) is 19.0. The molecule has 1 unspecified atom stereocenters. The van der Waals surface area contributed by atoms with Crippen molar-refractivity contribution in [3.63, 3.8) is 0 Å². The van der Waals surface area contributed by atoms with Crippen molar-refractivity contribution in [2.75, 3.05) is 0 Å². The molecule has 0 aliphatic heterocycles. The maximum atomic E-state index is 11.0. The summed E-state index contributed by atoms with van der Waals surface area (Å²) >= 11 is 1.70. The molecular formula is C25H44OS. The van der Waals surface area contributed by atoms with Gasteiger partial charge >= 0.3 is 0 Å². The lowest BCUT2D eigenvalue weighted by atomic mass is 9.91. The highest BCUT2D eigenvalue weighted by molar-refractivity contribution is 7.13. The molecule has 0 bridgehead atoms. The van der Waals surface area contributed by atoms with Crippen LogP contribution < -0.4 is 0 Å². The predicted octanol–water partition coefficient (Wildman–Crippen LogP) is 9.00. The number of hydrogen-bond acceptors (Lipinski definition) is 2. The minimum absolute atomic E-state index is 0.814. The molecule has 0 N–H and O–H groups in total. The van der Waals surface area contributed by atoms with Crippen LogP contribution in [0.1, 0.15) is 131 Å². The van der Waals surface area contributed by atoms with Crippen molar-refractivity contribution >= 4 is 17.6 Å². The summed E-state index contributed by atoms with van der Waals surface area (Å²) in [7, 11) is 0. The van der Waals surface area contributed by atoms with Gasteiger partial charge in [-0.25, -0.2) is 0 Å². The molecule has 0 radical (unpaired) electrons. The fourth-order valence-electron chi connectivity index (χ4n) is 3.98. The van der Waals surface area contributed by atoms with Crippen molar-refractivity contribution in [1.82, 2.24) is 0 Å². The summed E-state index contributed by atoms with van der Waals surface area (Å²) in [5.74, 6) is 0.814. The zero-order valence-electron chi connectivity index (χ0n) is 18.1. The molecule has 0 fully saturated rings. The van der Waals surface area contributed by atoms with Gasteiger partial charge in [-0.2, -0.15) is 0 Å². The van der Waals surface area contributed by atoms with E-state index in [0.717, 1.165) is 17.1 Å². The minimum atomic E-state index is 0.814. The van der Waals surface area contributed by atoms with Crippen LogP contribution in [0.2, 0.25) is 0 Å². The molecule has 1 aromatic rings. The third-order valence-corrected chi connectivity index (χ3v) is 6.75. The second-order valence-electron chi connectivity index (χ2n) is 8.31. The van der Waals surface area contributed by atoms with E-state index in [1.54, 1.807) is 11.3 Å². The lowest BCUT2D eigenvalue weighted by molar-refractivity contribution is 0.112. The second-order valence-corrected chi connectivity index (χ2v) is 9.51. The lowest BCUT2D eigenvalue weighted by Gasteiger charge is -2.16. The first-order chi connectivity index (χ1) is 13.3. The highest BCUT2D eigenvalue weighted by atomic mass is 32.1. The summed E-state index contributed by atoms with van der Waals surface area (Å²) in [6.07, 6.45) is 24.5. The first kappa shape index (κ1) is 24.4. The molecule has 1 atom stereocenters. The van der Waals surface area contributed by atoms with Crippen molar-refractivity contribution < 1.29 is 4.79 Å². The normalized spacial score (nSPS) is 12.4. The number of carbonyl (C=O) groups is 1. The Kier molecular flexibility index (Phi) is 15.8. The molecule has 0 saturated heterocycles. The highest BCUT2D eigenvalue weighted by Gasteiger charge is 2.11.